The minimum atomic E-state index is -1.01. The van der Waals surface area contributed by atoms with Crippen LogP contribution in [0.15, 0.2) is 12.1 Å². The first-order valence-corrected chi connectivity index (χ1v) is 9.01. The minimum absolute atomic E-state index is 0.245. The Bertz CT molecular complexity index is 913. The van der Waals surface area contributed by atoms with Gasteiger partial charge in [0, 0.05) is 18.5 Å². The van der Waals surface area contributed by atoms with Gasteiger partial charge in [0.05, 0.1) is 27.9 Å². The van der Waals surface area contributed by atoms with Crippen molar-refractivity contribution in [3.8, 4) is 0 Å². The highest BCUT2D eigenvalue weighted by molar-refractivity contribution is 6.33. The summed E-state index contributed by atoms with van der Waals surface area (Å²) in [6.07, 6.45) is 1.57. The molecule has 1 aromatic carbocycles. The first-order chi connectivity index (χ1) is 12.3. The molecule has 2 atom stereocenters. The number of nitrogen functional groups attached to an aromatic ring is 1. The van der Waals surface area contributed by atoms with Gasteiger partial charge in [-0.2, -0.15) is 9.78 Å². The number of aliphatic hydroxyl groups excluding tert-OH is 1. The molecule has 0 bridgehead atoms. The molecule has 1 aromatic heterocycles. The minimum Gasteiger partial charge on any atom is -0.393 e. The molecule has 0 amide bonds. The van der Waals surface area contributed by atoms with Crippen molar-refractivity contribution >= 4 is 29.0 Å². The summed E-state index contributed by atoms with van der Waals surface area (Å²) in [5, 5.41) is 17.6. The zero-order valence-corrected chi connectivity index (χ0v) is 15.1. The van der Waals surface area contributed by atoms with E-state index in [0.29, 0.717) is 55.0 Å². The van der Waals surface area contributed by atoms with E-state index in [-0.39, 0.29) is 10.9 Å². The second-order valence-electron chi connectivity index (χ2n) is 7.24. The molecule has 8 heteroatoms. The van der Waals surface area contributed by atoms with Gasteiger partial charge in [0.25, 0.3) is 5.91 Å². The molecule has 1 aliphatic heterocycles. The van der Waals surface area contributed by atoms with Crippen LogP contribution in [0.3, 0.4) is 0 Å². The number of nitrogens with one attached hydrogen (secondary N) is 1. The molecule has 6 nitrogen and oxygen atoms in total. The molecule has 0 spiro atoms. The second-order valence-corrected chi connectivity index (χ2v) is 7.65. The van der Waals surface area contributed by atoms with E-state index in [9.17, 15) is 14.3 Å². The summed E-state index contributed by atoms with van der Waals surface area (Å²) in [6, 6.07) is 2.57. The van der Waals surface area contributed by atoms with Gasteiger partial charge in [-0.25, -0.2) is 4.39 Å². The molecule has 0 fully saturated rings. The summed E-state index contributed by atoms with van der Waals surface area (Å²) >= 11 is 6.17. The van der Waals surface area contributed by atoms with Crippen molar-refractivity contribution in [3.63, 3.8) is 0 Å². The van der Waals surface area contributed by atoms with Crippen molar-refractivity contribution in [1.82, 2.24) is 9.78 Å². The molecule has 4 rings (SSSR count). The van der Waals surface area contributed by atoms with Crippen LogP contribution in [-0.2, 0) is 18.3 Å². The number of halogens is 2. The van der Waals surface area contributed by atoms with Crippen LogP contribution in [0.5, 0.6) is 0 Å². The van der Waals surface area contributed by atoms with E-state index in [1.165, 1.54) is 16.8 Å². The van der Waals surface area contributed by atoms with E-state index in [1.54, 1.807) is 6.92 Å². The smallest absolute Gasteiger partial charge is 0.259 e. The molecular formula is C18H20ClFN4O2. The van der Waals surface area contributed by atoms with E-state index in [2.05, 4.69) is 10.4 Å². The fourth-order valence-corrected chi connectivity index (χ4v) is 4.23. The zero-order valence-electron chi connectivity index (χ0n) is 14.4. The van der Waals surface area contributed by atoms with Crippen molar-refractivity contribution < 1.29 is 14.3 Å². The average Bonchev–Trinajstić information content (AvgIpc) is 2.91. The van der Waals surface area contributed by atoms with Gasteiger partial charge < -0.3 is 16.2 Å². The van der Waals surface area contributed by atoms with Gasteiger partial charge in [-0.3, -0.25) is 4.79 Å². The highest BCUT2D eigenvalue weighted by Crippen LogP contribution is 2.43. The largest absolute Gasteiger partial charge is 0.393 e. The molecule has 138 valence electrons. The number of nitrogens with two attached hydrogens (primary N) is 1. The lowest BCUT2D eigenvalue weighted by Gasteiger charge is -2.35. The standard InChI is InChI=1S/C18H20ClFN4O2/c1-18(4-5-22-15-12(18)6-9(20)7-13(15)19)17(26)24-16(21)11-3-2-10(25)8-14(11)23-24/h6-7,10,22,25H,2-5,8,21H2,1H3. The van der Waals surface area contributed by atoms with E-state index >= 15 is 0 Å². The Morgan fingerprint density at radius 3 is 3.08 bits per heavy atom. The fraction of sp³-hybridized carbons (Fsp3) is 0.444. The summed E-state index contributed by atoms with van der Waals surface area (Å²) < 4.78 is 15.2. The molecule has 4 N–H and O–H groups in total. The lowest BCUT2D eigenvalue weighted by molar-refractivity contribution is 0.0784. The number of hydrogen-bond acceptors (Lipinski definition) is 5. The van der Waals surface area contributed by atoms with Gasteiger partial charge in [-0.05, 0) is 43.9 Å². The lowest BCUT2D eigenvalue weighted by atomic mass is 9.75. The molecule has 2 heterocycles. The summed E-state index contributed by atoms with van der Waals surface area (Å²) in [5.41, 5.74) is 7.74. The highest BCUT2D eigenvalue weighted by Gasteiger charge is 2.43. The highest BCUT2D eigenvalue weighted by atomic mass is 35.5. The number of aliphatic hydroxyl groups is 1. The molecule has 1 aliphatic carbocycles. The molecule has 0 radical (unpaired) electrons. The predicted octanol–water partition coefficient (Wildman–Crippen LogP) is 2.52. The van der Waals surface area contributed by atoms with Crippen LogP contribution in [0.4, 0.5) is 15.9 Å². The van der Waals surface area contributed by atoms with Crippen molar-refractivity contribution in [3.05, 3.63) is 39.8 Å². The van der Waals surface area contributed by atoms with Gasteiger partial charge in [0.15, 0.2) is 0 Å². The first-order valence-electron chi connectivity index (χ1n) is 8.64. The van der Waals surface area contributed by atoms with Crippen molar-refractivity contribution in [1.29, 1.82) is 0 Å². The Kier molecular flexibility index (Phi) is 3.96. The topological polar surface area (TPSA) is 93.2 Å². The lowest BCUT2D eigenvalue weighted by Crippen LogP contribution is -2.42. The van der Waals surface area contributed by atoms with E-state index in [4.69, 9.17) is 17.3 Å². The van der Waals surface area contributed by atoms with Gasteiger partial charge >= 0.3 is 0 Å². The molecule has 2 aromatic rings. The van der Waals surface area contributed by atoms with Crippen LogP contribution in [0.2, 0.25) is 5.02 Å². The number of fused-ring (bicyclic) bond motifs is 2. The summed E-state index contributed by atoms with van der Waals surface area (Å²) in [7, 11) is 0. The molecule has 2 unspecified atom stereocenters. The monoisotopic (exact) mass is 378 g/mol. The van der Waals surface area contributed by atoms with Crippen molar-refractivity contribution in [2.45, 2.75) is 44.1 Å². The number of nitrogens with zero attached hydrogens (tertiary/aromatic N) is 2. The van der Waals surface area contributed by atoms with Gasteiger partial charge in [0.1, 0.15) is 11.6 Å². The average molecular weight is 379 g/mol. The third-order valence-corrected chi connectivity index (χ3v) is 5.80. The molecule has 0 saturated carbocycles. The summed E-state index contributed by atoms with van der Waals surface area (Å²) in [6.45, 7) is 2.29. The SMILES string of the molecule is CC1(C(=O)n2nc3c(c2N)CCC(O)C3)CCNc2c(Cl)cc(F)cc21. The quantitative estimate of drug-likeness (QED) is 0.709. The van der Waals surface area contributed by atoms with Crippen LogP contribution in [0.25, 0.3) is 0 Å². The van der Waals surface area contributed by atoms with Gasteiger partial charge in [0.2, 0.25) is 0 Å². The predicted molar refractivity (Wildman–Crippen MR) is 97.2 cm³/mol. The van der Waals surface area contributed by atoms with Gasteiger partial charge in [-0.15, -0.1) is 0 Å². The molecule has 26 heavy (non-hydrogen) atoms. The zero-order chi connectivity index (χ0) is 18.6. The Labute approximate surface area is 155 Å². The Hall–Kier alpha value is -2.12. The van der Waals surface area contributed by atoms with Crippen LogP contribution in [-0.4, -0.2) is 33.4 Å². The number of anilines is 2. The Balaban J connectivity index is 1.81. The number of aromatic nitrogens is 2. The van der Waals surface area contributed by atoms with E-state index in [1.807, 2.05) is 0 Å². The van der Waals surface area contributed by atoms with Crippen molar-refractivity contribution in [2.75, 3.05) is 17.6 Å². The van der Waals surface area contributed by atoms with Crippen molar-refractivity contribution in [2.24, 2.45) is 0 Å². The third kappa shape index (κ3) is 2.49. The summed E-state index contributed by atoms with van der Waals surface area (Å²) in [5.74, 6) is -0.503. The first kappa shape index (κ1) is 17.3. The van der Waals surface area contributed by atoms with Gasteiger partial charge in [-0.1, -0.05) is 11.6 Å². The summed E-state index contributed by atoms with van der Waals surface area (Å²) in [4.78, 5) is 13.4. The van der Waals surface area contributed by atoms with E-state index in [0.717, 1.165) is 5.56 Å². The molecule has 2 aliphatic rings. The molecular weight excluding hydrogens is 359 g/mol. The van der Waals surface area contributed by atoms with E-state index < -0.39 is 17.3 Å². The number of rotatable bonds is 1. The maximum Gasteiger partial charge on any atom is 0.259 e. The van der Waals surface area contributed by atoms with Crippen LogP contribution in [0.1, 0.15) is 41.4 Å². The number of carbonyl (C=O) groups excluding carboxylic acids is 1. The third-order valence-electron chi connectivity index (χ3n) is 5.50. The Morgan fingerprint density at radius 2 is 2.31 bits per heavy atom. The second kappa shape index (κ2) is 5.96. The van der Waals surface area contributed by atoms with Crippen LogP contribution in [0, 0.1) is 5.82 Å². The van der Waals surface area contributed by atoms with Crippen LogP contribution < -0.4 is 11.1 Å². The number of hydrogen-bond donors (Lipinski definition) is 3. The maximum absolute atomic E-state index is 14.0. The normalized spacial score (nSPS) is 24.5. The number of benzene rings is 1. The number of carbonyl (C=O) groups is 1. The maximum atomic E-state index is 14.0. The Morgan fingerprint density at radius 1 is 1.54 bits per heavy atom. The molecule has 0 saturated heterocycles. The fourth-order valence-electron chi connectivity index (χ4n) is 3.95. The van der Waals surface area contributed by atoms with Crippen LogP contribution >= 0.6 is 11.6 Å².